The van der Waals surface area contributed by atoms with Gasteiger partial charge in [0.05, 0.1) is 12.8 Å². The molecule has 0 bridgehead atoms. The van der Waals surface area contributed by atoms with E-state index < -0.39 is 47.8 Å². The van der Waals surface area contributed by atoms with Crippen molar-refractivity contribution in [3.05, 3.63) is 43.3 Å². The molecule has 1 aromatic rings. The molecule has 1 fully saturated rings. The van der Waals surface area contributed by atoms with Gasteiger partial charge in [-0.05, 0) is 5.53 Å². The molecular formula is C9H10FN5O6. The second-order valence-electron chi connectivity index (χ2n) is 4.28. The summed E-state index contributed by atoms with van der Waals surface area (Å²) in [4.78, 5) is 26.5. The molecule has 0 amide bonds. The predicted octanol–water partition coefficient (Wildman–Crippen LogP) is -2.07. The van der Waals surface area contributed by atoms with Gasteiger partial charge in [-0.15, -0.1) is 0 Å². The Bertz CT molecular complexity index is 711. The van der Waals surface area contributed by atoms with Crippen LogP contribution in [0.3, 0.4) is 0 Å². The third kappa shape index (κ3) is 2.30. The molecule has 0 saturated carbocycles. The fraction of sp³-hybridized carbons (Fsp3) is 0.556. The highest BCUT2D eigenvalue weighted by Gasteiger charge is 2.55. The Hall–Kier alpha value is -2.24. The summed E-state index contributed by atoms with van der Waals surface area (Å²) in [6, 6.07) is 0. The van der Waals surface area contributed by atoms with E-state index in [0.29, 0.717) is 10.8 Å². The Morgan fingerprint density at radius 2 is 2.24 bits per heavy atom. The van der Waals surface area contributed by atoms with Gasteiger partial charge in [-0.25, -0.2) is 4.79 Å². The van der Waals surface area contributed by atoms with Crippen LogP contribution in [0.25, 0.3) is 10.4 Å². The number of aliphatic hydroxyl groups is 3. The lowest BCUT2D eigenvalue weighted by Gasteiger charge is -2.23. The van der Waals surface area contributed by atoms with Gasteiger partial charge < -0.3 is 20.1 Å². The van der Waals surface area contributed by atoms with Crippen LogP contribution in [0.2, 0.25) is 0 Å². The molecule has 2 heterocycles. The molecule has 1 saturated heterocycles. The first-order valence-electron chi connectivity index (χ1n) is 5.58. The standard InChI is InChI=1S/C9H10FN5O6/c10-3-1-15(8(20)12-6(3)19)7-4(17)5(18)9(2-16,21-7)13-14-11/h1,4-5,7,16-18H,2H2,(H,12,19,20)/t4-,5+,7-,9-/m1/s1. The van der Waals surface area contributed by atoms with Crippen LogP contribution in [0.5, 0.6) is 0 Å². The van der Waals surface area contributed by atoms with Gasteiger partial charge in [-0.3, -0.25) is 14.3 Å². The molecule has 4 atom stereocenters. The fourth-order valence-electron chi connectivity index (χ4n) is 1.96. The first-order valence-corrected chi connectivity index (χ1v) is 5.58. The van der Waals surface area contributed by atoms with Crippen molar-refractivity contribution < 1.29 is 24.4 Å². The zero-order valence-corrected chi connectivity index (χ0v) is 10.2. The average Bonchev–Trinajstić information content (AvgIpc) is 2.69. The van der Waals surface area contributed by atoms with Crippen LogP contribution >= 0.6 is 0 Å². The minimum absolute atomic E-state index is 0.464. The van der Waals surface area contributed by atoms with Crippen LogP contribution in [0.15, 0.2) is 20.9 Å². The van der Waals surface area contributed by atoms with E-state index in [0.717, 1.165) is 0 Å². The number of ether oxygens (including phenoxy) is 1. The molecule has 21 heavy (non-hydrogen) atoms. The SMILES string of the molecule is [N-]=[N+]=N[C@]1(CO)O[C@@H](n2cc(F)c(=O)[nH]c2=O)[C@H](O)[C@@H]1O. The number of halogens is 1. The number of nitrogens with zero attached hydrogens (tertiary/aromatic N) is 4. The third-order valence-corrected chi connectivity index (χ3v) is 3.04. The monoisotopic (exact) mass is 303 g/mol. The molecule has 0 aliphatic carbocycles. The van der Waals surface area contributed by atoms with E-state index in [1.165, 1.54) is 0 Å². The summed E-state index contributed by atoms with van der Waals surface area (Å²) in [7, 11) is 0. The Balaban J connectivity index is 2.52. The van der Waals surface area contributed by atoms with Gasteiger partial charge in [0.1, 0.15) is 12.2 Å². The van der Waals surface area contributed by atoms with Crippen molar-refractivity contribution in [1.29, 1.82) is 0 Å². The summed E-state index contributed by atoms with van der Waals surface area (Å²) in [6.07, 6.45) is -4.89. The predicted molar refractivity (Wildman–Crippen MR) is 62.4 cm³/mol. The highest BCUT2D eigenvalue weighted by atomic mass is 19.1. The van der Waals surface area contributed by atoms with Crippen LogP contribution in [0, 0.1) is 5.82 Å². The van der Waals surface area contributed by atoms with Crippen LogP contribution in [0.1, 0.15) is 6.23 Å². The van der Waals surface area contributed by atoms with E-state index in [4.69, 9.17) is 10.3 Å². The first-order chi connectivity index (χ1) is 9.86. The van der Waals surface area contributed by atoms with Crippen molar-refractivity contribution >= 4 is 0 Å². The Kier molecular flexibility index (Phi) is 3.80. The molecule has 0 radical (unpaired) electrons. The number of H-pyrrole nitrogens is 1. The Labute approximate surface area is 114 Å². The number of rotatable bonds is 3. The van der Waals surface area contributed by atoms with Crippen LogP contribution in [0.4, 0.5) is 4.39 Å². The minimum atomic E-state index is -2.23. The van der Waals surface area contributed by atoms with Crippen molar-refractivity contribution in [2.75, 3.05) is 6.61 Å². The van der Waals surface area contributed by atoms with Gasteiger partial charge >= 0.3 is 5.69 Å². The van der Waals surface area contributed by atoms with Gasteiger partial charge in [0, 0.05) is 4.91 Å². The second-order valence-corrected chi connectivity index (χ2v) is 4.28. The van der Waals surface area contributed by atoms with Gasteiger partial charge in [0.25, 0.3) is 5.56 Å². The zero-order chi connectivity index (χ0) is 15.8. The van der Waals surface area contributed by atoms with E-state index in [9.17, 15) is 29.3 Å². The molecule has 2 rings (SSSR count). The Morgan fingerprint density at radius 1 is 1.57 bits per heavy atom. The van der Waals surface area contributed by atoms with Crippen LogP contribution < -0.4 is 11.2 Å². The number of hydrogen-bond donors (Lipinski definition) is 4. The summed E-state index contributed by atoms with van der Waals surface area (Å²) in [6.45, 7) is -0.994. The number of nitrogens with one attached hydrogen (secondary N) is 1. The maximum absolute atomic E-state index is 13.2. The van der Waals surface area contributed by atoms with Crippen molar-refractivity contribution in [1.82, 2.24) is 9.55 Å². The lowest BCUT2D eigenvalue weighted by molar-refractivity contribution is -0.125. The number of aromatic amines is 1. The van der Waals surface area contributed by atoms with Crippen molar-refractivity contribution in [2.24, 2.45) is 5.11 Å². The van der Waals surface area contributed by atoms with Gasteiger partial charge in [-0.2, -0.15) is 4.39 Å². The minimum Gasteiger partial charge on any atom is -0.393 e. The molecule has 0 unspecified atom stereocenters. The van der Waals surface area contributed by atoms with Gasteiger partial charge in [-0.1, -0.05) is 5.11 Å². The lowest BCUT2D eigenvalue weighted by Crippen LogP contribution is -2.44. The van der Waals surface area contributed by atoms with E-state index in [2.05, 4.69) is 10.0 Å². The second kappa shape index (κ2) is 5.27. The molecule has 1 aromatic heterocycles. The molecule has 1 aliphatic rings. The normalized spacial score (nSPS) is 31.9. The van der Waals surface area contributed by atoms with Gasteiger partial charge in [0.2, 0.25) is 11.5 Å². The zero-order valence-electron chi connectivity index (χ0n) is 10.2. The van der Waals surface area contributed by atoms with Crippen molar-refractivity contribution in [3.63, 3.8) is 0 Å². The summed E-state index contributed by atoms with van der Waals surface area (Å²) in [5, 5.41) is 31.9. The van der Waals surface area contributed by atoms with Gasteiger partial charge in [0.15, 0.2) is 6.23 Å². The largest absolute Gasteiger partial charge is 0.393 e. The molecule has 12 heteroatoms. The Morgan fingerprint density at radius 3 is 2.81 bits per heavy atom. The highest BCUT2D eigenvalue weighted by molar-refractivity contribution is 5.01. The smallest absolute Gasteiger partial charge is 0.330 e. The molecular weight excluding hydrogens is 293 g/mol. The lowest BCUT2D eigenvalue weighted by atomic mass is 10.1. The molecule has 4 N–H and O–H groups in total. The van der Waals surface area contributed by atoms with Crippen molar-refractivity contribution in [2.45, 2.75) is 24.2 Å². The number of hydrogen-bond acceptors (Lipinski definition) is 7. The van der Waals surface area contributed by atoms with Crippen molar-refractivity contribution in [3.8, 4) is 0 Å². The summed E-state index contributed by atoms with van der Waals surface area (Å²) in [5.41, 5.74) is 3.80. The number of aromatic nitrogens is 2. The van der Waals surface area contributed by atoms with E-state index >= 15 is 0 Å². The first kappa shape index (κ1) is 15.2. The molecule has 11 nitrogen and oxygen atoms in total. The number of aliphatic hydroxyl groups excluding tert-OH is 3. The fourth-order valence-corrected chi connectivity index (χ4v) is 1.96. The number of azide groups is 1. The van der Waals surface area contributed by atoms with Crippen LogP contribution in [-0.4, -0.2) is 49.4 Å². The van der Waals surface area contributed by atoms with E-state index in [1.54, 1.807) is 4.98 Å². The third-order valence-electron chi connectivity index (χ3n) is 3.04. The van der Waals surface area contributed by atoms with E-state index in [-0.39, 0.29) is 0 Å². The molecule has 1 aliphatic heterocycles. The average molecular weight is 303 g/mol. The maximum Gasteiger partial charge on any atom is 0.330 e. The van der Waals surface area contributed by atoms with E-state index in [1.807, 2.05) is 0 Å². The quantitative estimate of drug-likeness (QED) is 0.283. The molecule has 0 spiro atoms. The molecule has 0 aromatic carbocycles. The van der Waals surface area contributed by atoms with Crippen LogP contribution in [-0.2, 0) is 4.74 Å². The summed E-state index contributed by atoms with van der Waals surface area (Å²) >= 11 is 0. The topological polar surface area (TPSA) is 174 Å². The molecule has 114 valence electrons. The maximum atomic E-state index is 13.2. The summed E-state index contributed by atoms with van der Waals surface area (Å²) < 4.78 is 18.7. The summed E-state index contributed by atoms with van der Waals surface area (Å²) in [5.74, 6) is -1.33. The highest BCUT2D eigenvalue weighted by Crippen LogP contribution is 2.37.